The van der Waals surface area contributed by atoms with Gasteiger partial charge in [-0.2, -0.15) is 8.78 Å². The Morgan fingerprint density at radius 2 is 1.69 bits per heavy atom. The quantitative estimate of drug-likeness (QED) is 0.0601. The number of ketones is 1. The summed E-state index contributed by atoms with van der Waals surface area (Å²) in [6, 6.07) is 15.2. The fraction of sp³-hybridized carbons (Fsp3) is 0.276. The summed E-state index contributed by atoms with van der Waals surface area (Å²) in [6.07, 6.45) is -0.943. The van der Waals surface area contributed by atoms with Crippen LogP contribution < -0.4 is 15.4 Å². The van der Waals surface area contributed by atoms with Crippen LogP contribution in [0, 0.1) is 10.1 Å². The molecule has 16 heteroatoms. The Bertz CT molecular complexity index is 1570. The van der Waals surface area contributed by atoms with Crippen LogP contribution in [0.15, 0.2) is 72.8 Å². The van der Waals surface area contributed by atoms with E-state index < -0.39 is 47.5 Å². The van der Waals surface area contributed by atoms with Crippen LogP contribution in [0.5, 0.6) is 5.75 Å². The highest BCUT2D eigenvalue weighted by Gasteiger charge is 2.50. The lowest BCUT2D eigenvalue weighted by Crippen LogP contribution is -2.48. The van der Waals surface area contributed by atoms with E-state index in [9.17, 15) is 37.8 Å². The van der Waals surface area contributed by atoms with Crippen LogP contribution in [-0.4, -0.2) is 51.7 Å². The zero-order valence-electron chi connectivity index (χ0n) is 23.9. The van der Waals surface area contributed by atoms with Crippen LogP contribution in [0.1, 0.15) is 40.4 Å². The fourth-order valence-corrected chi connectivity index (χ4v) is 4.44. The van der Waals surface area contributed by atoms with E-state index in [2.05, 4.69) is 10.6 Å². The molecule has 0 radical (unpaired) electrons. The molecule has 0 heterocycles. The number of rotatable bonds is 15. The van der Waals surface area contributed by atoms with Gasteiger partial charge in [0.25, 0.3) is 0 Å². The lowest BCUT2D eigenvalue weighted by atomic mass is 10.0. The molecule has 3 aromatic rings. The minimum Gasteiger partial charge on any atom is -0.487 e. The molecule has 2 amide bonds. The number of benzene rings is 3. The average molecular weight is 650 g/mol. The summed E-state index contributed by atoms with van der Waals surface area (Å²) in [5, 5.41) is 16.4. The molecule has 0 saturated carbocycles. The maximum atomic E-state index is 14.0. The first-order chi connectivity index (χ1) is 21.2. The van der Waals surface area contributed by atoms with Gasteiger partial charge in [0, 0.05) is 30.2 Å². The zero-order chi connectivity index (χ0) is 33.2. The van der Waals surface area contributed by atoms with E-state index in [0.29, 0.717) is 5.56 Å². The SMILES string of the molecule is CC(=O)c1ccc(OCCCNC(=O)C(Cc2ccc(C(F)(F)P(=O)(O)O)cc2)NC(=O)OCc2ccccc2)c([N+](=O)[O-])c1. The van der Waals surface area contributed by atoms with Crippen molar-refractivity contribution in [1.82, 2.24) is 10.6 Å². The molecular formula is C29H30F2N3O10P. The van der Waals surface area contributed by atoms with Gasteiger partial charge in [0.2, 0.25) is 5.91 Å². The zero-order valence-corrected chi connectivity index (χ0v) is 24.7. The number of halogens is 2. The molecule has 1 unspecified atom stereocenters. The molecule has 0 aliphatic rings. The van der Waals surface area contributed by atoms with Gasteiger partial charge < -0.3 is 29.9 Å². The molecule has 0 bridgehead atoms. The van der Waals surface area contributed by atoms with E-state index in [1.54, 1.807) is 30.3 Å². The van der Waals surface area contributed by atoms with Crippen LogP contribution in [-0.2, 0) is 32.8 Å². The van der Waals surface area contributed by atoms with Gasteiger partial charge in [-0.1, -0.05) is 54.6 Å². The Kier molecular flexibility index (Phi) is 11.8. The van der Waals surface area contributed by atoms with Crippen LogP contribution >= 0.6 is 7.60 Å². The molecule has 45 heavy (non-hydrogen) atoms. The van der Waals surface area contributed by atoms with Crippen molar-refractivity contribution in [1.29, 1.82) is 0 Å². The molecule has 0 aliphatic carbocycles. The van der Waals surface area contributed by atoms with E-state index in [1.807, 2.05) is 0 Å². The fourth-order valence-electron chi connectivity index (χ4n) is 3.95. The van der Waals surface area contributed by atoms with Crippen molar-refractivity contribution in [3.63, 3.8) is 0 Å². The maximum Gasteiger partial charge on any atom is 0.408 e. The van der Waals surface area contributed by atoms with Gasteiger partial charge in [-0.15, -0.1) is 0 Å². The largest absolute Gasteiger partial charge is 0.487 e. The maximum absolute atomic E-state index is 14.0. The summed E-state index contributed by atoms with van der Waals surface area (Å²) in [6.45, 7) is 1.15. The van der Waals surface area contributed by atoms with Gasteiger partial charge in [0.1, 0.15) is 12.6 Å². The average Bonchev–Trinajstić information content (AvgIpc) is 2.99. The Hall–Kier alpha value is -4.72. The third-order valence-corrected chi connectivity index (χ3v) is 7.36. The number of ether oxygens (including phenoxy) is 2. The van der Waals surface area contributed by atoms with Crippen molar-refractivity contribution in [2.75, 3.05) is 13.2 Å². The van der Waals surface area contributed by atoms with Crippen LogP contribution in [0.25, 0.3) is 0 Å². The highest BCUT2D eigenvalue weighted by molar-refractivity contribution is 7.52. The molecule has 0 aliphatic heterocycles. The third-order valence-electron chi connectivity index (χ3n) is 6.37. The number of nitrogens with zero attached hydrogens (tertiary/aromatic N) is 1. The van der Waals surface area contributed by atoms with Crippen LogP contribution in [0.3, 0.4) is 0 Å². The molecule has 1 atom stereocenters. The molecule has 0 fully saturated rings. The lowest BCUT2D eigenvalue weighted by Gasteiger charge is -2.20. The Morgan fingerprint density at radius 1 is 1.02 bits per heavy atom. The Balaban J connectivity index is 1.64. The van der Waals surface area contributed by atoms with Crippen molar-refractivity contribution < 1.29 is 51.9 Å². The van der Waals surface area contributed by atoms with Gasteiger partial charge >= 0.3 is 25.0 Å². The monoisotopic (exact) mass is 649 g/mol. The van der Waals surface area contributed by atoms with Crippen LogP contribution in [0.4, 0.5) is 19.3 Å². The smallest absolute Gasteiger partial charge is 0.408 e. The van der Waals surface area contributed by atoms with E-state index in [1.165, 1.54) is 19.1 Å². The second-order valence-electron chi connectivity index (χ2n) is 9.73. The molecule has 0 spiro atoms. The van der Waals surface area contributed by atoms with Gasteiger partial charge in [-0.25, -0.2) is 4.79 Å². The predicted molar refractivity (Wildman–Crippen MR) is 156 cm³/mol. The molecule has 3 aromatic carbocycles. The molecule has 0 saturated heterocycles. The standard InChI is InChI=1S/C29H30F2N3O10P/c1-19(35)22-10-13-26(25(17-22)34(38)39)43-15-5-14-32-27(36)24(33-28(37)44-18-21-6-3-2-4-7-21)16-20-8-11-23(12-9-20)29(30,31)45(40,41)42/h2-4,6-13,17,24H,5,14-16,18H2,1H3,(H,32,36)(H,33,37)(H2,40,41,42). The number of carbonyl (C=O) groups is 3. The first-order valence-corrected chi connectivity index (χ1v) is 15.0. The van der Waals surface area contributed by atoms with Crippen molar-refractivity contribution in [2.45, 2.75) is 38.1 Å². The molecule has 240 valence electrons. The van der Waals surface area contributed by atoms with Gasteiger partial charge in [-0.05, 0) is 36.6 Å². The minimum atomic E-state index is -5.78. The summed E-state index contributed by atoms with van der Waals surface area (Å²) < 4.78 is 49.9. The Morgan fingerprint density at radius 3 is 2.29 bits per heavy atom. The number of nitrogens with one attached hydrogen (secondary N) is 2. The number of amides is 2. The number of hydrogen-bond acceptors (Lipinski definition) is 8. The summed E-state index contributed by atoms with van der Waals surface area (Å²) in [5.74, 6) is -1.09. The van der Waals surface area contributed by atoms with E-state index in [0.717, 1.165) is 30.3 Å². The number of nitro benzene ring substituents is 1. The van der Waals surface area contributed by atoms with E-state index in [-0.39, 0.29) is 55.3 Å². The summed E-state index contributed by atoms with van der Waals surface area (Å²) in [5.41, 5.74) is -4.62. The number of alkyl halides is 2. The molecular weight excluding hydrogens is 619 g/mol. The topological polar surface area (TPSA) is 194 Å². The minimum absolute atomic E-state index is 0.0167. The van der Waals surface area contributed by atoms with Gasteiger partial charge in [0.05, 0.1) is 11.5 Å². The number of hydrogen-bond donors (Lipinski definition) is 4. The van der Waals surface area contributed by atoms with Crippen molar-refractivity contribution >= 4 is 31.1 Å². The van der Waals surface area contributed by atoms with Crippen molar-refractivity contribution in [3.8, 4) is 5.75 Å². The predicted octanol–water partition coefficient (Wildman–Crippen LogP) is 4.45. The highest BCUT2D eigenvalue weighted by atomic mass is 31.2. The summed E-state index contributed by atoms with van der Waals surface area (Å²) >= 11 is 0. The molecule has 4 N–H and O–H groups in total. The van der Waals surface area contributed by atoms with Gasteiger partial charge in [0.15, 0.2) is 11.5 Å². The van der Waals surface area contributed by atoms with E-state index >= 15 is 0 Å². The van der Waals surface area contributed by atoms with Crippen molar-refractivity contribution in [3.05, 3.63) is 105 Å². The number of nitro groups is 1. The summed E-state index contributed by atoms with van der Waals surface area (Å²) in [7, 11) is -5.78. The van der Waals surface area contributed by atoms with E-state index in [4.69, 9.17) is 19.3 Å². The molecule has 3 rings (SSSR count). The number of Topliss-reactive ketones (excluding diaryl/α,β-unsaturated/α-hetero) is 1. The van der Waals surface area contributed by atoms with Crippen molar-refractivity contribution in [2.24, 2.45) is 0 Å². The lowest BCUT2D eigenvalue weighted by molar-refractivity contribution is -0.385. The molecule has 0 aromatic heterocycles. The highest BCUT2D eigenvalue weighted by Crippen LogP contribution is 2.59. The first-order valence-electron chi connectivity index (χ1n) is 13.4. The second kappa shape index (κ2) is 15.3. The number of carbonyl (C=O) groups excluding carboxylic acids is 3. The summed E-state index contributed by atoms with van der Waals surface area (Å²) in [4.78, 5) is 65.7. The van der Waals surface area contributed by atoms with Gasteiger partial charge in [-0.3, -0.25) is 24.3 Å². The second-order valence-corrected chi connectivity index (χ2v) is 11.4. The van der Waals surface area contributed by atoms with Crippen LogP contribution in [0.2, 0.25) is 0 Å². The Labute approximate surface area is 255 Å². The third kappa shape index (κ3) is 9.89. The molecule has 13 nitrogen and oxygen atoms in total. The normalized spacial score (nSPS) is 12.1. The number of alkyl carbamates (subject to hydrolysis) is 1. The first kappa shape index (κ1) is 34.8.